The summed E-state index contributed by atoms with van der Waals surface area (Å²) in [4.78, 5) is 10.6. The van der Waals surface area contributed by atoms with Crippen molar-refractivity contribution in [1.29, 1.82) is 0 Å². The van der Waals surface area contributed by atoms with Gasteiger partial charge < -0.3 is 0 Å². The summed E-state index contributed by atoms with van der Waals surface area (Å²) in [7, 11) is 0. The molecular formula is C19H37O. The molecule has 0 N–H and O–H groups in total. The SMILES string of the molecule is CCCCCCCCCCCCCCCC([C]=O)CC. The van der Waals surface area contributed by atoms with Crippen molar-refractivity contribution < 1.29 is 4.79 Å². The fourth-order valence-corrected chi connectivity index (χ4v) is 2.75. The van der Waals surface area contributed by atoms with E-state index in [0.29, 0.717) is 0 Å². The first-order chi connectivity index (χ1) is 9.85. The van der Waals surface area contributed by atoms with Gasteiger partial charge in [-0.3, -0.25) is 4.79 Å². The van der Waals surface area contributed by atoms with Gasteiger partial charge in [0.05, 0.1) is 0 Å². The van der Waals surface area contributed by atoms with Crippen molar-refractivity contribution in [2.45, 2.75) is 110 Å². The van der Waals surface area contributed by atoms with Gasteiger partial charge in [-0.15, -0.1) is 0 Å². The Morgan fingerprint density at radius 2 is 1.05 bits per heavy atom. The Kier molecular flexibility index (Phi) is 16.4. The van der Waals surface area contributed by atoms with Crippen LogP contribution < -0.4 is 0 Å². The lowest BCUT2D eigenvalue weighted by Crippen LogP contribution is -1.99. The largest absolute Gasteiger partial charge is 0.291 e. The molecule has 0 amide bonds. The van der Waals surface area contributed by atoms with Gasteiger partial charge in [0.1, 0.15) is 0 Å². The van der Waals surface area contributed by atoms with Crippen molar-refractivity contribution in [1.82, 2.24) is 0 Å². The Morgan fingerprint density at radius 1 is 0.650 bits per heavy atom. The Balaban J connectivity index is 3.04. The molecule has 0 aliphatic rings. The molecule has 0 saturated heterocycles. The lowest BCUT2D eigenvalue weighted by Gasteiger charge is -2.06. The molecule has 0 aromatic carbocycles. The van der Waals surface area contributed by atoms with E-state index in [1.165, 1.54) is 83.5 Å². The molecular weight excluding hydrogens is 244 g/mol. The van der Waals surface area contributed by atoms with Gasteiger partial charge in [0.25, 0.3) is 0 Å². The van der Waals surface area contributed by atoms with Crippen LogP contribution in [-0.4, -0.2) is 6.29 Å². The first kappa shape index (κ1) is 19.7. The van der Waals surface area contributed by atoms with E-state index in [-0.39, 0.29) is 5.92 Å². The maximum Gasteiger partial charge on any atom is 0.201 e. The van der Waals surface area contributed by atoms with Crippen LogP contribution in [0.15, 0.2) is 0 Å². The molecule has 0 saturated carbocycles. The summed E-state index contributed by atoms with van der Waals surface area (Å²) >= 11 is 0. The van der Waals surface area contributed by atoms with E-state index < -0.39 is 0 Å². The summed E-state index contributed by atoms with van der Waals surface area (Å²) in [5, 5.41) is 0. The highest BCUT2D eigenvalue weighted by atomic mass is 16.1. The number of carbonyl (C=O) groups excluding carboxylic acids is 1. The molecule has 0 spiro atoms. The average Bonchev–Trinajstić information content (AvgIpc) is 2.48. The smallest absolute Gasteiger partial charge is 0.201 e. The van der Waals surface area contributed by atoms with Crippen molar-refractivity contribution in [3.8, 4) is 0 Å². The minimum absolute atomic E-state index is 0.197. The molecule has 0 aromatic rings. The number of unbranched alkanes of at least 4 members (excludes halogenated alkanes) is 12. The maximum atomic E-state index is 10.6. The molecule has 0 aliphatic heterocycles. The Hall–Kier alpha value is -0.330. The van der Waals surface area contributed by atoms with Crippen molar-refractivity contribution in [3.63, 3.8) is 0 Å². The predicted octanol–water partition coefficient (Wildman–Crippen LogP) is 6.60. The summed E-state index contributed by atoms with van der Waals surface area (Å²) in [6.45, 7) is 4.36. The third kappa shape index (κ3) is 14.1. The minimum atomic E-state index is 0.197. The molecule has 1 radical (unpaired) electrons. The lowest BCUT2D eigenvalue weighted by molar-refractivity contribution is 0.476. The van der Waals surface area contributed by atoms with Gasteiger partial charge in [-0.2, -0.15) is 0 Å². The Bertz CT molecular complexity index is 188. The topological polar surface area (TPSA) is 17.1 Å². The van der Waals surface area contributed by atoms with Gasteiger partial charge in [-0.25, -0.2) is 0 Å². The zero-order valence-corrected chi connectivity index (χ0v) is 14.1. The summed E-state index contributed by atoms with van der Waals surface area (Å²) in [6.07, 6.45) is 22.2. The molecule has 0 bridgehead atoms. The van der Waals surface area contributed by atoms with Crippen molar-refractivity contribution in [2.24, 2.45) is 5.92 Å². The van der Waals surface area contributed by atoms with E-state index in [2.05, 4.69) is 20.1 Å². The summed E-state index contributed by atoms with van der Waals surface area (Å²) in [5.74, 6) is 0.197. The van der Waals surface area contributed by atoms with E-state index in [0.717, 1.165) is 12.8 Å². The van der Waals surface area contributed by atoms with Crippen molar-refractivity contribution in [3.05, 3.63) is 0 Å². The second-order valence-corrected chi connectivity index (χ2v) is 6.25. The van der Waals surface area contributed by atoms with Crippen molar-refractivity contribution in [2.75, 3.05) is 0 Å². The molecule has 0 fully saturated rings. The van der Waals surface area contributed by atoms with Crippen LogP contribution in [0, 0.1) is 5.92 Å². The van der Waals surface area contributed by atoms with Crippen LogP contribution in [0.4, 0.5) is 0 Å². The quantitative estimate of drug-likeness (QED) is 0.291. The second kappa shape index (κ2) is 16.7. The average molecular weight is 282 g/mol. The first-order valence-electron chi connectivity index (χ1n) is 9.22. The van der Waals surface area contributed by atoms with Crippen LogP contribution in [0.3, 0.4) is 0 Å². The van der Waals surface area contributed by atoms with Crippen LogP contribution >= 0.6 is 0 Å². The lowest BCUT2D eigenvalue weighted by atomic mass is 9.99. The first-order valence-corrected chi connectivity index (χ1v) is 9.22. The Morgan fingerprint density at radius 3 is 1.40 bits per heavy atom. The second-order valence-electron chi connectivity index (χ2n) is 6.25. The van der Waals surface area contributed by atoms with E-state index in [1.54, 1.807) is 0 Å². The molecule has 0 rings (SSSR count). The zero-order chi connectivity index (χ0) is 14.9. The van der Waals surface area contributed by atoms with Gasteiger partial charge in [0.15, 0.2) is 0 Å². The van der Waals surface area contributed by atoms with Gasteiger partial charge >= 0.3 is 0 Å². The molecule has 1 nitrogen and oxygen atoms in total. The fourth-order valence-electron chi connectivity index (χ4n) is 2.75. The normalized spacial score (nSPS) is 12.5. The number of rotatable bonds is 16. The summed E-state index contributed by atoms with van der Waals surface area (Å²) < 4.78 is 0. The highest BCUT2D eigenvalue weighted by molar-refractivity contribution is 5.54. The summed E-state index contributed by atoms with van der Waals surface area (Å²) in [6, 6.07) is 0. The summed E-state index contributed by atoms with van der Waals surface area (Å²) in [5.41, 5.74) is 0. The zero-order valence-electron chi connectivity index (χ0n) is 14.1. The minimum Gasteiger partial charge on any atom is -0.291 e. The van der Waals surface area contributed by atoms with E-state index in [4.69, 9.17) is 0 Å². The molecule has 0 heterocycles. The van der Waals surface area contributed by atoms with Gasteiger partial charge in [-0.05, 0) is 12.8 Å². The highest BCUT2D eigenvalue weighted by Gasteiger charge is 2.04. The molecule has 1 atom stereocenters. The van der Waals surface area contributed by atoms with E-state index in [1.807, 2.05) is 0 Å². The van der Waals surface area contributed by atoms with Crippen LogP contribution in [-0.2, 0) is 4.79 Å². The van der Waals surface area contributed by atoms with E-state index >= 15 is 0 Å². The molecule has 0 aliphatic carbocycles. The molecule has 1 heteroatoms. The van der Waals surface area contributed by atoms with Gasteiger partial charge in [0, 0.05) is 5.92 Å². The van der Waals surface area contributed by atoms with Crippen LogP contribution in [0.1, 0.15) is 110 Å². The predicted molar refractivity (Wildman–Crippen MR) is 89.8 cm³/mol. The third-order valence-electron chi connectivity index (χ3n) is 4.32. The highest BCUT2D eigenvalue weighted by Crippen LogP contribution is 2.15. The fraction of sp³-hybridized carbons (Fsp3) is 0.947. The molecule has 0 aromatic heterocycles. The van der Waals surface area contributed by atoms with Crippen LogP contribution in [0.25, 0.3) is 0 Å². The van der Waals surface area contributed by atoms with Crippen LogP contribution in [0.2, 0.25) is 0 Å². The Labute approximate surface area is 127 Å². The van der Waals surface area contributed by atoms with Gasteiger partial charge in [-0.1, -0.05) is 97.3 Å². The maximum absolute atomic E-state index is 10.6. The van der Waals surface area contributed by atoms with Crippen LogP contribution in [0.5, 0.6) is 0 Å². The van der Waals surface area contributed by atoms with E-state index in [9.17, 15) is 4.79 Å². The standard InChI is InChI=1S/C19H37O/c1-3-5-6-7-8-9-10-11-12-13-14-15-16-17-19(4-2)18-20/h19H,3-17H2,1-2H3. The van der Waals surface area contributed by atoms with Crippen molar-refractivity contribution >= 4 is 6.29 Å². The van der Waals surface area contributed by atoms with Gasteiger partial charge in [0.2, 0.25) is 6.29 Å². The monoisotopic (exact) mass is 281 g/mol. The number of hydrogen-bond donors (Lipinski definition) is 0. The molecule has 119 valence electrons. The third-order valence-corrected chi connectivity index (χ3v) is 4.32. The molecule has 1 unspecified atom stereocenters. The number of hydrogen-bond acceptors (Lipinski definition) is 1. The molecule has 20 heavy (non-hydrogen) atoms.